The third-order valence-corrected chi connectivity index (χ3v) is 1.62. The first kappa shape index (κ1) is 7.26. The first-order chi connectivity index (χ1) is 4.55. The Bertz CT molecular complexity index is 173. The molecule has 0 spiro atoms. The van der Waals surface area contributed by atoms with Gasteiger partial charge in [0.1, 0.15) is 12.6 Å². The van der Waals surface area contributed by atoms with E-state index in [9.17, 15) is 8.78 Å². The van der Waals surface area contributed by atoms with Crippen LogP contribution in [0.2, 0.25) is 0 Å². The maximum atomic E-state index is 12.4. The number of alkyl halides is 2. The van der Waals surface area contributed by atoms with Gasteiger partial charge in [-0.15, -0.1) is 5.01 Å². The van der Waals surface area contributed by atoms with Gasteiger partial charge in [0.05, 0.1) is 0 Å². The molecule has 0 aromatic carbocycles. The van der Waals surface area contributed by atoms with E-state index in [0.717, 1.165) is 5.01 Å². The molecule has 0 radical (unpaired) electrons. The molecule has 0 unspecified atom stereocenters. The lowest BCUT2D eigenvalue weighted by Gasteiger charge is -2.04. The van der Waals surface area contributed by atoms with Crippen molar-refractivity contribution in [2.45, 2.75) is 25.3 Å². The number of halogens is 2. The van der Waals surface area contributed by atoms with Gasteiger partial charge in [0.15, 0.2) is 0 Å². The van der Waals surface area contributed by atoms with Crippen LogP contribution in [0, 0.1) is 6.57 Å². The molecule has 0 saturated carbocycles. The van der Waals surface area contributed by atoms with Gasteiger partial charge in [0, 0.05) is 6.42 Å². The second kappa shape index (κ2) is 2.08. The van der Waals surface area contributed by atoms with Gasteiger partial charge in [-0.1, -0.05) is 0 Å². The molecule has 2 nitrogen and oxygen atoms in total. The highest BCUT2D eigenvalue weighted by Crippen LogP contribution is 2.31. The molecule has 0 bridgehead atoms. The van der Waals surface area contributed by atoms with Crippen molar-refractivity contribution in [2.75, 3.05) is 6.54 Å². The van der Waals surface area contributed by atoms with E-state index in [1.807, 2.05) is 0 Å². The van der Waals surface area contributed by atoms with Crippen LogP contribution in [0.1, 0.15) is 13.3 Å². The molecule has 56 valence electrons. The molecule has 0 aromatic rings. The van der Waals surface area contributed by atoms with Crippen molar-refractivity contribution >= 4 is 0 Å². The molecule has 1 fully saturated rings. The smallest absolute Gasteiger partial charge is 0.204 e. The zero-order valence-corrected chi connectivity index (χ0v) is 5.64. The lowest BCUT2D eigenvalue weighted by molar-refractivity contribution is 0.0153. The van der Waals surface area contributed by atoms with Crippen LogP contribution in [0.5, 0.6) is 0 Å². The second-order valence-corrected chi connectivity index (χ2v) is 2.61. The predicted molar refractivity (Wildman–Crippen MR) is 32.3 cm³/mol. The topological polar surface area (TPSA) is 7.60 Å². The molecule has 1 saturated heterocycles. The fourth-order valence-corrected chi connectivity index (χ4v) is 1.13. The average molecular weight is 146 g/mol. The minimum Gasteiger partial charge on any atom is -0.204 e. The summed E-state index contributed by atoms with van der Waals surface area (Å²) in [6.07, 6.45) is -0.185. The molecule has 1 aliphatic rings. The van der Waals surface area contributed by atoms with Crippen LogP contribution in [0.25, 0.3) is 4.95 Å². The number of rotatable bonds is 0. The molecule has 1 aliphatic heterocycles. The molecule has 0 aromatic heterocycles. The van der Waals surface area contributed by atoms with Crippen molar-refractivity contribution in [3.8, 4) is 0 Å². The Kier molecular flexibility index (Phi) is 1.51. The summed E-state index contributed by atoms with van der Waals surface area (Å²) < 4.78 is 24.9. The number of hydrogen-bond donors (Lipinski definition) is 0. The summed E-state index contributed by atoms with van der Waals surface area (Å²) in [6, 6.07) is -0.299. The molecule has 1 heterocycles. The van der Waals surface area contributed by atoms with E-state index in [1.54, 1.807) is 6.92 Å². The molecular weight excluding hydrogens is 138 g/mol. The summed E-state index contributed by atoms with van der Waals surface area (Å²) in [5, 5.41) is 1.10. The molecule has 1 rings (SSSR count). The fourth-order valence-electron chi connectivity index (χ4n) is 1.13. The molecule has 0 aliphatic carbocycles. The highest BCUT2D eigenvalue weighted by molar-refractivity contribution is 4.89. The van der Waals surface area contributed by atoms with E-state index in [2.05, 4.69) is 4.95 Å². The lowest BCUT2D eigenvalue weighted by Crippen LogP contribution is -2.21. The van der Waals surface area contributed by atoms with E-state index < -0.39 is 12.5 Å². The zero-order valence-electron chi connectivity index (χ0n) is 5.64. The van der Waals surface area contributed by atoms with Gasteiger partial charge in [-0.25, -0.2) is 8.78 Å². The van der Waals surface area contributed by atoms with Crippen molar-refractivity contribution in [3.05, 3.63) is 11.5 Å². The highest BCUT2D eigenvalue weighted by Gasteiger charge is 2.46. The zero-order chi connectivity index (χ0) is 7.78. The van der Waals surface area contributed by atoms with Gasteiger partial charge in [-0.3, -0.25) is 0 Å². The van der Waals surface area contributed by atoms with Crippen molar-refractivity contribution < 1.29 is 8.78 Å². The summed E-state index contributed by atoms with van der Waals surface area (Å²) in [5.41, 5.74) is 0. The Balaban J connectivity index is 2.63. The summed E-state index contributed by atoms with van der Waals surface area (Å²) in [5.74, 6) is -2.65. The Morgan fingerprint density at radius 1 is 1.70 bits per heavy atom. The second-order valence-electron chi connectivity index (χ2n) is 2.61. The van der Waals surface area contributed by atoms with Crippen LogP contribution in [0.4, 0.5) is 8.78 Å². The molecular formula is C6H8F2N2. The van der Waals surface area contributed by atoms with Gasteiger partial charge in [0.25, 0.3) is 5.92 Å². The Morgan fingerprint density at radius 2 is 2.30 bits per heavy atom. The molecule has 10 heavy (non-hydrogen) atoms. The van der Waals surface area contributed by atoms with Crippen molar-refractivity contribution in [2.24, 2.45) is 0 Å². The van der Waals surface area contributed by atoms with Crippen molar-refractivity contribution in [1.29, 1.82) is 0 Å². The molecule has 0 amide bonds. The monoisotopic (exact) mass is 146 g/mol. The SMILES string of the molecule is [C-]#[N+]N1CC(F)(F)C[C@H]1C. The minimum absolute atomic E-state index is 0.185. The largest absolute Gasteiger partial charge is 0.273 e. The first-order valence-electron chi connectivity index (χ1n) is 3.07. The Hall–Kier alpha value is -0.850. The van der Waals surface area contributed by atoms with Crippen LogP contribution in [-0.2, 0) is 0 Å². The van der Waals surface area contributed by atoms with E-state index in [0.29, 0.717) is 0 Å². The van der Waals surface area contributed by atoms with Crippen LogP contribution in [0.3, 0.4) is 0 Å². The molecule has 4 heteroatoms. The third-order valence-electron chi connectivity index (χ3n) is 1.62. The normalized spacial score (nSPS) is 30.2. The summed E-state index contributed by atoms with van der Waals surface area (Å²) in [7, 11) is 0. The lowest BCUT2D eigenvalue weighted by atomic mass is 10.2. The van der Waals surface area contributed by atoms with Crippen LogP contribution < -0.4 is 0 Å². The quantitative estimate of drug-likeness (QED) is 0.470. The number of hydrogen-bond acceptors (Lipinski definition) is 1. The Labute approximate surface area is 58.2 Å². The minimum atomic E-state index is -2.65. The average Bonchev–Trinajstić information content (AvgIpc) is 2.05. The van der Waals surface area contributed by atoms with E-state index >= 15 is 0 Å². The van der Waals surface area contributed by atoms with E-state index in [1.165, 1.54) is 0 Å². The standard InChI is InChI=1S/C6H8F2N2/c1-5-3-6(7,8)4-10(5)9-2/h5H,3-4H2,1H3/t5-/m1/s1. The first-order valence-corrected chi connectivity index (χ1v) is 3.07. The van der Waals surface area contributed by atoms with Crippen molar-refractivity contribution in [3.63, 3.8) is 0 Å². The highest BCUT2D eigenvalue weighted by atomic mass is 19.3. The van der Waals surface area contributed by atoms with E-state index in [-0.39, 0.29) is 12.5 Å². The van der Waals surface area contributed by atoms with Gasteiger partial charge in [-0.05, 0) is 6.92 Å². The van der Waals surface area contributed by atoms with Gasteiger partial charge < -0.3 is 0 Å². The van der Waals surface area contributed by atoms with Gasteiger partial charge in [0.2, 0.25) is 0 Å². The summed E-state index contributed by atoms with van der Waals surface area (Å²) in [6.45, 7) is 7.76. The number of nitrogens with zero attached hydrogens (tertiary/aromatic N) is 2. The van der Waals surface area contributed by atoms with Crippen LogP contribution in [0.15, 0.2) is 0 Å². The maximum Gasteiger partial charge on any atom is 0.273 e. The van der Waals surface area contributed by atoms with Crippen LogP contribution in [-0.4, -0.2) is 23.5 Å². The molecule has 1 atom stereocenters. The van der Waals surface area contributed by atoms with Crippen molar-refractivity contribution in [1.82, 2.24) is 5.01 Å². The fraction of sp³-hybridized carbons (Fsp3) is 0.833. The summed E-state index contributed by atoms with van der Waals surface area (Å²) in [4.78, 5) is 2.97. The Morgan fingerprint density at radius 3 is 2.50 bits per heavy atom. The molecule has 0 N–H and O–H groups in total. The van der Waals surface area contributed by atoms with E-state index in [4.69, 9.17) is 6.57 Å². The maximum absolute atomic E-state index is 12.4. The van der Waals surface area contributed by atoms with Gasteiger partial charge >= 0.3 is 0 Å². The van der Waals surface area contributed by atoms with Gasteiger partial charge in [-0.2, -0.15) is 11.5 Å². The predicted octanol–water partition coefficient (Wildman–Crippen LogP) is 1.55. The third kappa shape index (κ3) is 1.18. The summed E-state index contributed by atoms with van der Waals surface area (Å²) >= 11 is 0. The van der Waals surface area contributed by atoms with Crippen LogP contribution >= 0.6 is 0 Å².